The maximum atomic E-state index is 13.7. The summed E-state index contributed by atoms with van der Waals surface area (Å²) in [6.07, 6.45) is 0.882. The van der Waals surface area contributed by atoms with Gasteiger partial charge in [0, 0.05) is 23.3 Å². The first kappa shape index (κ1) is 25.6. The summed E-state index contributed by atoms with van der Waals surface area (Å²) in [6, 6.07) is 13.1. The van der Waals surface area contributed by atoms with Crippen LogP contribution in [0, 0.1) is 19.8 Å². The highest BCUT2D eigenvalue weighted by Crippen LogP contribution is 2.27. The van der Waals surface area contributed by atoms with Crippen molar-refractivity contribution >= 4 is 17.5 Å². The number of amides is 1. The summed E-state index contributed by atoms with van der Waals surface area (Å²) >= 11 is 6.44. The molecule has 0 aliphatic rings. The van der Waals surface area contributed by atoms with Gasteiger partial charge in [-0.3, -0.25) is 4.79 Å². The van der Waals surface area contributed by atoms with Crippen molar-refractivity contribution in [3.63, 3.8) is 0 Å². The normalized spacial score (nSPS) is 11.1. The second-order valence-electron chi connectivity index (χ2n) is 8.85. The maximum absolute atomic E-state index is 13.7. The van der Waals surface area contributed by atoms with Crippen LogP contribution in [0.1, 0.15) is 53.4 Å². The van der Waals surface area contributed by atoms with Crippen molar-refractivity contribution in [2.24, 2.45) is 5.92 Å². The van der Waals surface area contributed by atoms with E-state index >= 15 is 0 Å². The molecule has 0 radical (unpaired) electrons. The zero-order valence-electron chi connectivity index (χ0n) is 20.9. The first-order chi connectivity index (χ1) is 16.2. The Labute approximate surface area is 207 Å². The first-order valence-corrected chi connectivity index (χ1v) is 11.9. The Hall–Kier alpha value is -2.99. The fourth-order valence-electron chi connectivity index (χ4n) is 3.83. The van der Waals surface area contributed by atoms with Gasteiger partial charge >= 0.3 is 0 Å². The van der Waals surface area contributed by atoms with Crippen LogP contribution in [-0.2, 0) is 13.1 Å². The zero-order chi connectivity index (χ0) is 24.8. The standard InChI is InChI=1S/C27H34ClN3O3/c1-18(2)13-14-30(27(32)23-12-11-22(33-5)15-25(23)34-6)17-26-29-19(3)20(4)31(26)16-21-9-7-8-10-24(21)28/h7-12,15,18H,13-14,16-17H2,1-6H3. The van der Waals surface area contributed by atoms with E-state index in [4.69, 9.17) is 26.1 Å². The number of carbonyl (C=O) groups is 1. The van der Waals surface area contributed by atoms with Crippen molar-refractivity contribution in [1.82, 2.24) is 14.5 Å². The van der Waals surface area contributed by atoms with Gasteiger partial charge in [-0.2, -0.15) is 0 Å². The lowest BCUT2D eigenvalue weighted by molar-refractivity contribution is 0.0725. The molecule has 2 aromatic carbocycles. The largest absolute Gasteiger partial charge is 0.497 e. The van der Waals surface area contributed by atoms with Crippen molar-refractivity contribution in [1.29, 1.82) is 0 Å². The second kappa shape index (κ2) is 11.4. The zero-order valence-corrected chi connectivity index (χ0v) is 21.6. The molecule has 1 heterocycles. The Balaban J connectivity index is 1.96. The van der Waals surface area contributed by atoms with Crippen LogP contribution >= 0.6 is 11.6 Å². The molecule has 3 rings (SSSR count). The van der Waals surface area contributed by atoms with Gasteiger partial charge in [0.2, 0.25) is 0 Å². The molecule has 0 unspecified atom stereocenters. The third-order valence-electron chi connectivity index (χ3n) is 6.06. The van der Waals surface area contributed by atoms with E-state index in [-0.39, 0.29) is 5.91 Å². The van der Waals surface area contributed by atoms with E-state index < -0.39 is 0 Å². The number of aromatic nitrogens is 2. The highest BCUT2D eigenvalue weighted by Gasteiger charge is 2.23. The van der Waals surface area contributed by atoms with Crippen LogP contribution < -0.4 is 9.47 Å². The van der Waals surface area contributed by atoms with E-state index in [0.29, 0.717) is 42.6 Å². The first-order valence-electron chi connectivity index (χ1n) is 11.5. The van der Waals surface area contributed by atoms with Crippen LogP contribution in [0.2, 0.25) is 5.02 Å². The van der Waals surface area contributed by atoms with E-state index in [0.717, 1.165) is 34.2 Å². The smallest absolute Gasteiger partial charge is 0.258 e. The van der Waals surface area contributed by atoms with Crippen LogP contribution in [0.15, 0.2) is 42.5 Å². The summed E-state index contributed by atoms with van der Waals surface area (Å²) in [7, 11) is 3.15. The number of hydrogen-bond donors (Lipinski definition) is 0. The molecule has 1 aromatic heterocycles. The molecule has 34 heavy (non-hydrogen) atoms. The molecule has 1 amide bonds. The molecule has 182 valence electrons. The van der Waals surface area contributed by atoms with E-state index in [1.165, 1.54) is 0 Å². The number of nitrogens with zero attached hydrogens (tertiary/aromatic N) is 3. The summed E-state index contributed by atoms with van der Waals surface area (Å²) in [4.78, 5) is 20.4. The summed E-state index contributed by atoms with van der Waals surface area (Å²) in [6.45, 7) is 9.96. The molecule has 0 saturated carbocycles. The highest BCUT2D eigenvalue weighted by atomic mass is 35.5. The quantitative estimate of drug-likeness (QED) is 0.360. The fourth-order valence-corrected chi connectivity index (χ4v) is 4.03. The number of rotatable bonds is 10. The third-order valence-corrected chi connectivity index (χ3v) is 6.43. The van der Waals surface area contributed by atoms with Gasteiger partial charge in [-0.15, -0.1) is 0 Å². The lowest BCUT2D eigenvalue weighted by Crippen LogP contribution is -2.33. The Morgan fingerprint density at radius 1 is 1.12 bits per heavy atom. The summed E-state index contributed by atoms with van der Waals surface area (Å²) in [5.74, 6) is 2.33. The minimum absolute atomic E-state index is 0.0947. The van der Waals surface area contributed by atoms with Crippen LogP contribution in [-0.4, -0.2) is 41.1 Å². The van der Waals surface area contributed by atoms with Crippen LogP contribution in [0.4, 0.5) is 0 Å². The number of hydrogen-bond acceptors (Lipinski definition) is 4. The minimum atomic E-state index is -0.0947. The van der Waals surface area contributed by atoms with Crippen LogP contribution in [0.25, 0.3) is 0 Å². The summed E-state index contributed by atoms with van der Waals surface area (Å²) < 4.78 is 13.0. The fraction of sp³-hybridized carbons (Fsp3) is 0.407. The van der Waals surface area contributed by atoms with E-state index in [1.807, 2.05) is 36.1 Å². The lowest BCUT2D eigenvalue weighted by atomic mass is 10.1. The number of halogens is 1. The van der Waals surface area contributed by atoms with Crippen LogP contribution in [0.5, 0.6) is 11.5 Å². The molecule has 0 atom stereocenters. The van der Waals surface area contributed by atoms with Crippen molar-refractivity contribution in [2.45, 2.75) is 47.2 Å². The number of imidazole rings is 1. The van der Waals surface area contributed by atoms with Gasteiger partial charge in [-0.05, 0) is 49.9 Å². The number of carbonyl (C=O) groups excluding carboxylic acids is 1. The number of aryl methyl sites for hydroxylation is 1. The van der Waals surface area contributed by atoms with Crippen molar-refractivity contribution in [3.05, 3.63) is 75.8 Å². The van der Waals surface area contributed by atoms with Gasteiger partial charge in [0.15, 0.2) is 0 Å². The van der Waals surface area contributed by atoms with Crippen molar-refractivity contribution in [3.8, 4) is 11.5 Å². The monoisotopic (exact) mass is 483 g/mol. The van der Waals surface area contributed by atoms with Crippen molar-refractivity contribution < 1.29 is 14.3 Å². The molecule has 7 heteroatoms. The molecule has 0 fully saturated rings. The van der Waals surface area contributed by atoms with Gasteiger partial charge in [-0.1, -0.05) is 43.6 Å². The number of ether oxygens (including phenoxy) is 2. The Morgan fingerprint density at radius 2 is 1.85 bits per heavy atom. The van der Waals surface area contributed by atoms with Gasteiger partial charge < -0.3 is 18.9 Å². The number of methoxy groups -OCH3 is 2. The molecule has 0 N–H and O–H groups in total. The predicted molar refractivity (Wildman–Crippen MR) is 136 cm³/mol. The van der Waals surface area contributed by atoms with Crippen molar-refractivity contribution in [2.75, 3.05) is 20.8 Å². The molecule has 0 saturated heterocycles. The summed E-state index contributed by atoms with van der Waals surface area (Å²) in [5.41, 5.74) is 3.53. The molecule has 6 nitrogen and oxygen atoms in total. The second-order valence-corrected chi connectivity index (χ2v) is 9.26. The molecule has 0 bridgehead atoms. The van der Waals surface area contributed by atoms with Gasteiger partial charge in [0.25, 0.3) is 5.91 Å². The Kier molecular flexibility index (Phi) is 8.61. The Morgan fingerprint density at radius 3 is 2.50 bits per heavy atom. The Bertz CT molecular complexity index is 1140. The lowest BCUT2D eigenvalue weighted by Gasteiger charge is -2.25. The molecule has 0 aliphatic heterocycles. The average molecular weight is 484 g/mol. The van der Waals surface area contributed by atoms with Gasteiger partial charge in [0.05, 0.1) is 38.6 Å². The van der Waals surface area contributed by atoms with Gasteiger partial charge in [0.1, 0.15) is 17.3 Å². The molecule has 3 aromatic rings. The molecule has 0 aliphatic carbocycles. The van der Waals surface area contributed by atoms with Gasteiger partial charge in [-0.25, -0.2) is 4.98 Å². The van der Waals surface area contributed by atoms with E-state index in [9.17, 15) is 4.79 Å². The minimum Gasteiger partial charge on any atom is -0.497 e. The molecule has 0 spiro atoms. The predicted octanol–water partition coefficient (Wildman–Crippen LogP) is 5.91. The third kappa shape index (κ3) is 5.92. The average Bonchev–Trinajstić information content (AvgIpc) is 3.09. The molecular weight excluding hydrogens is 450 g/mol. The van der Waals surface area contributed by atoms with Crippen LogP contribution in [0.3, 0.4) is 0 Å². The highest BCUT2D eigenvalue weighted by molar-refractivity contribution is 6.31. The van der Waals surface area contributed by atoms with E-state index in [2.05, 4.69) is 25.3 Å². The number of benzene rings is 2. The summed E-state index contributed by atoms with van der Waals surface area (Å²) in [5, 5.41) is 0.718. The SMILES string of the molecule is COc1ccc(C(=O)N(CCC(C)C)Cc2nc(C)c(C)n2Cc2ccccc2Cl)c(OC)c1. The topological polar surface area (TPSA) is 56.6 Å². The van der Waals surface area contributed by atoms with E-state index in [1.54, 1.807) is 32.4 Å². The molecular formula is C27H34ClN3O3. The maximum Gasteiger partial charge on any atom is 0.258 e.